The quantitative estimate of drug-likeness (QED) is 0.631. The van der Waals surface area contributed by atoms with Gasteiger partial charge in [0.15, 0.2) is 11.6 Å². The lowest BCUT2D eigenvalue weighted by molar-refractivity contribution is 0.0956. The van der Waals surface area contributed by atoms with E-state index in [2.05, 4.69) is 10.2 Å². The highest BCUT2D eigenvalue weighted by molar-refractivity contribution is 6.13. The van der Waals surface area contributed by atoms with E-state index in [0.717, 1.165) is 11.1 Å². The summed E-state index contributed by atoms with van der Waals surface area (Å²) in [6.07, 6.45) is 0.647. The lowest BCUT2D eigenvalue weighted by atomic mass is 9.98. The summed E-state index contributed by atoms with van der Waals surface area (Å²) >= 11 is 5.36. The van der Waals surface area contributed by atoms with Crippen LogP contribution in [0.5, 0.6) is 5.75 Å². The summed E-state index contributed by atoms with van der Waals surface area (Å²) < 4.78 is 19.4. The van der Waals surface area contributed by atoms with Crippen molar-refractivity contribution < 1.29 is 13.9 Å². The molecule has 0 fully saturated rings. The standard InChI is InChI=1S/C17H16ClFN2O2/c18-20-6-7-23-16-10-12-13(9-14(16)19)17(22)21-15(12)8-11-4-2-1-3-5-11/h1-5,9-10,15,20H,6-8H2,(H,21,22). The third-order valence-electron chi connectivity index (χ3n) is 3.77. The maximum absolute atomic E-state index is 14.0. The van der Waals surface area contributed by atoms with Gasteiger partial charge in [-0.3, -0.25) is 4.79 Å². The Morgan fingerprint density at radius 2 is 2.04 bits per heavy atom. The first-order valence-electron chi connectivity index (χ1n) is 7.33. The number of hydrogen-bond donors (Lipinski definition) is 2. The Hall–Kier alpha value is -2.11. The Balaban J connectivity index is 1.85. The zero-order valence-corrected chi connectivity index (χ0v) is 13.1. The zero-order chi connectivity index (χ0) is 16.2. The van der Waals surface area contributed by atoms with Crippen molar-refractivity contribution in [2.45, 2.75) is 12.5 Å². The van der Waals surface area contributed by atoms with E-state index in [1.807, 2.05) is 30.3 Å². The molecule has 2 aromatic carbocycles. The van der Waals surface area contributed by atoms with Crippen molar-refractivity contribution in [2.24, 2.45) is 0 Å². The molecule has 2 N–H and O–H groups in total. The van der Waals surface area contributed by atoms with Crippen LogP contribution in [0.3, 0.4) is 0 Å². The van der Waals surface area contributed by atoms with Gasteiger partial charge in [-0.1, -0.05) is 30.3 Å². The molecule has 1 atom stereocenters. The van der Waals surface area contributed by atoms with Crippen molar-refractivity contribution in [3.05, 3.63) is 65.0 Å². The van der Waals surface area contributed by atoms with Crippen LogP contribution in [-0.4, -0.2) is 19.1 Å². The van der Waals surface area contributed by atoms with Gasteiger partial charge in [0.25, 0.3) is 5.91 Å². The predicted octanol–water partition coefficient (Wildman–Crippen LogP) is 2.98. The summed E-state index contributed by atoms with van der Waals surface area (Å²) in [6, 6.07) is 12.5. The second-order valence-electron chi connectivity index (χ2n) is 5.32. The maximum atomic E-state index is 14.0. The second kappa shape index (κ2) is 6.98. The molecule has 3 rings (SSSR count). The number of amides is 1. The Morgan fingerprint density at radius 1 is 1.26 bits per heavy atom. The monoisotopic (exact) mass is 334 g/mol. The molecule has 1 aliphatic rings. The predicted molar refractivity (Wildman–Crippen MR) is 86.1 cm³/mol. The summed E-state index contributed by atoms with van der Waals surface area (Å²) in [5, 5.41) is 2.89. The number of rotatable bonds is 6. The summed E-state index contributed by atoms with van der Waals surface area (Å²) in [4.78, 5) is 14.5. The smallest absolute Gasteiger partial charge is 0.252 e. The van der Waals surface area contributed by atoms with E-state index >= 15 is 0 Å². The normalized spacial score (nSPS) is 16.1. The highest BCUT2D eigenvalue weighted by Gasteiger charge is 2.30. The third-order valence-corrected chi connectivity index (χ3v) is 3.96. The average Bonchev–Trinajstić information content (AvgIpc) is 2.84. The number of hydrogen-bond acceptors (Lipinski definition) is 3. The number of halogens is 2. The van der Waals surface area contributed by atoms with Crippen LogP contribution in [0.1, 0.15) is 27.5 Å². The molecule has 0 saturated heterocycles. The molecule has 1 amide bonds. The lowest BCUT2D eigenvalue weighted by Gasteiger charge is -2.13. The van der Waals surface area contributed by atoms with Crippen molar-refractivity contribution in [1.29, 1.82) is 0 Å². The topological polar surface area (TPSA) is 50.4 Å². The van der Waals surface area contributed by atoms with Gasteiger partial charge in [-0.2, -0.15) is 0 Å². The molecule has 0 aliphatic carbocycles. The lowest BCUT2D eigenvalue weighted by Crippen LogP contribution is -2.20. The third kappa shape index (κ3) is 3.46. The van der Waals surface area contributed by atoms with Gasteiger partial charge in [-0.05, 0) is 41.5 Å². The molecular weight excluding hydrogens is 319 g/mol. The number of carbonyl (C=O) groups is 1. The summed E-state index contributed by atoms with van der Waals surface area (Å²) in [5.74, 6) is -0.673. The molecule has 0 radical (unpaired) electrons. The molecule has 0 bridgehead atoms. The SMILES string of the molecule is O=C1NC(Cc2ccccc2)c2cc(OCCNCl)c(F)cc21. The van der Waals surface area contributed by atoms with Gasteiger partial charge < -0.3 is 10.1 Å². The molecule has 1 heterocycles. The van der Waals surface area contributed by atoms with Gasteiger partial charge in [-0.15, -0.1) is 0 Å². The van der Waals surface area contributed by atoms with Gasteiger partial charge >= 0.3 is 0 Å². The maximum Gasteiger partial charge on any atom is 0.252 e. The van der Waals surface area contributed by atoms with E-state index < -0.39 is 5.82 Å². The molecule has 0 aromatic heterocycles. The first kappa shape index (κ1) is 15.8. The molecule has 0 spiro atoms. The van der Waals surface area contributed by atoms with E-state index in [1.165, 1.54) is 6.07 Å². The molecule has 6 heteroatoms. The molecule has 2 aromatic rings. The highest BCUT2D eigenvalue weighted by atomic mass is 35.5. The van der Waals surface area contributed by atoms with Gasteiger partial charge in [0.05, 0.1) is 6.04 Å². The van der Waals surface area contributed by atoms with Crippen LogP contribution in [0, 0.1) is 5.82 Å². The van der Waals surface area contributed by atoms with Crippen molar-refractivity contribution >= 4 is 17.7 Å². The van der Waals surface area contributed by atoms with E-state index in [4.69, 9.17) is 16.5 Å². The van der Waals surface area contributed by atoms with Crippen LogP contribution in [0.25, 0.3) is 0 Å². The van der Waals surface area contributed by atoms with Crippen LogP contribution in [0.2, 0.25) is 0 Å². The minimum absolute atomic E-state index is 0.130. The minimum atomic E-state index is -0.547. The van der Waals surface area contributed by atoms with E-state index in [1.54, 1.807) is 6.07 Å². The molecule has 0 saturated carbocycles. The van der Waals surface area contributed by atoms with Crippen molar-refractivity contribution in [3.63, 3.8) is 0 Å². The molecule has 4 nitrogen and oxygen atoms in total. The Morgan fingerprint density at radius 3 is 2.78 bits per heavy atom. The fourth-order valence-electron chi connectivity index (χ4n) is 2.69. The summed E-state index contributed by atoms with van der Waals surface area (Å²) in [6.45, 7) is 0.632. The number of fused-ring (bicyclic) bond motifs is 1. The van der Waals surface area contributed by atoms with Gasteiger partial charge in [-0.25, -0.2) is 9.23 Å². The van der Waals surface area contributed by atoms with Gasteiger partial charge in [0.2, 0.25) is 0 Å². The number of carbonyl (C=O) groups excluding carboxylic acids is 1. The largest absolute Gasteiger partial charge is 0.489 e. The fourth-order valence-corrected chi connectivity index (χ4v) is 2.77. The molecule has 23 heavy (non-hydrogen) atoms. The minimum Gasteiger partial charge on any atom is -0.489 e. The fraction of sp³-hybridized carbons (Fsp3) is 0.235. The molecule has 120 valence electrons. The van der Waals surface area contributed by atoms with E-state index in [0.29, 0.717) is 18.5 Å². The van der Waals surface area contributed by atoms with Gasteiger partial charge in [0, 0.05) is 12.1 Å². The van der Waals surface area contributed by atoms with Crippen LogP contribution >= 0.6 is 11.8 Å². The van der Waals surface area contributed by atoms with Crippen LogP contribution in [0.15, 0.2) is 42.5 Å². The van der Waals surface area contributed by atoms with Crippen molar-refractivity contribution in [2.75, 3.05) is 13.2 Å². The zero-order valence-electron chi connectivity index (χ0n) is 12.3. The van der Waals surface area contributed by atoms with Crippen molar-refractivity contribution in [3.8, 4) is 5.75 Å². The molecule has 1 aliphatic heterocycles. The number of nitrogens with one attached hydrogen (secondary N) is 2. The number of ether oxygens (including phenoxy) is 1. The summed E-state index contributed by atoms with van der Waals surface area (Å²) in [7, 11) is 0. The Kier molecular flexibility index (Phi) is 4.79. The first-order valence-corrected chi connectivity index (χ1v) is 7.71. The Labute approximate surface area is 138 Å². The molecule has 1 unspecified atom stereocenters. The van der Waals surface area contributed by atoms with Gasteiger partial charge in [0.1, 0.15) is 6.61 Å². The second-order valence-corrected chi connectivity index (χ2v) is 5.59. The van der Waals surface area contributed by atoms with Crippen molar-refractivity contribution in [1.82, 2.24) is 10.2 Å². The Bertz CT molecular complexity index is 709. The van der Waals surface area contributed by atoms with E-state index in [-0.39, 0.29) is 24.3 Å². The highest BCUT2D eigenvalue weighted by Crippen LogP contribution is 2.33. The summed E-state index contributed by atoms with van der Waals surface area (Å²) in [5.41, 5.74) is 2.23. The first-order chi connectivity index (χ1) is 11.2. The van der Waals surface area contributed by atoms with E-state index in [9.17, 15) is 9.18 Å². The van der Waals surface area contributed by atoms with Crippen LogP contribution < -0.4 is 14.9 Å². The van der Waals surface area contributed by atoms with Crippen LogP contribution in [0.4, 0.5) is 4.39 Å². The average molecular weight is 335 g/mol. The number of benzene rings is 2. The molecular formula is C17H16ClFN2O2. The van der Waals surface area contributed by atoms with Crippen LogP contribution in [-0.2, 0) is 6.42 Å².